The highest BCUT2D eigenvalue weighted by atomic mass is 19.1. The summed E-state index contributed by atoms with van der Waals surface area (Å²) in [7, 11) is 0. The van der Waals surface area contributed by atoms with Gasteiger partial charge in [-0.15, -0.1) is 0 Å². The molecule has 0 aromatic heterocycles. The number of benzene rings is 4. The van der Waals surface area contributed by atoms with Gasteiger partial charge in [0.1, 0.15) is 5.82 Å². The zero-order valence-electron chi connectivity index (χ0n) is 20.8. The molecule has 4 aromatic rings. The Labute approximate surface area is 209 Å². The predicted octanol–water partition coefficient (Wildman–Crippen LogP) is 9.29. The molecule has 0 saturated heterocycles. The van der Waals surface area contributed by atoms with Gasteiger partial charge in [-0.25, -0.2) is 4.39 Å². The van der Waals surface area contributed by atoms with Gasteiger partial charge >= 0.3 is 0 Å². The second kappa shape index (κ2) is 12.2. The fourth-order valence-corrected chi connectivity index (χ4v) is 4.34. The van der Waals surface area contributed by atoms with E-state index in [1.807, 2.05) is 30.3 Å². The van der Waals surface area contributed by atoms with E-state index in [4.69, 9.17) is 0 Å². The van der Waals surface area contributed by atoms with Crippen LogP contribution >= 0.6 is 0 Å². The van der Waals surface area contributed by atoms with E-state index in [9.17, 15) is 4.39 Å². The molecule has 0 aliphatic rings. The number of rotatable bonds is 8. The maximum absolute atomic E-state index is 14.9. The maximum Gasteiger partial charge on any atom is 0.134 e. The Morgan fingerprint density at radius 1 is 0.743 bits per heavy atom. The summed E-state index contributed by atoms with van der Waals surface area (Å²) in [5.74, 6) is 6.41. The van der Waals surface area contributed by atoms with Crippen molar-refractivity contribution in [3.63, 3.8) is 0 Å². The number of aryl methyl sites for hydroxylation is 2. The molecule has 0 heterocycles. The number of hydrogen-bond acceptors (Lipinski definition) is 0. The molecule has 0 nitrogen and oxygen atoms in total. The van der Waals surface area contributed by atoms with Crippen LogP contribution in [0.2, 0.25) is 0 Å². The lowest BCUT2D eigenvalue weighted by Crippen LogP contribution is -1.93. The molecule has 0 spiro atoms. The molecule has 4 rings (SSSR count). The lowest BCUT2D eigenvalue weighted by Gasteiger charge is -2.07. The molecule has 0 amide bonds. The van der Waals surface area contributed by atoms with Gasteiger partial charge in [0.2, 0.25) is 0 Å². The highest BCUT2D eigenvalue weighted by Gasteiger charge is 2.07. The van der Waals surface area contributed by atoms with Gasteiger partial charge in [-0.3, -0.25) is 0 Å². The van der Waals surface area contributed by atoms with Crippen LogP contribution in [0.1, 0.15) is 61.8 Å². The van der Waals surface area contributed by atoms with Crippen molar-refractivity contribution >= 4 is 10.8 Å². The number of fused-ring (bicyclic) bond motifs is 1. The normalized spacial score (nSPS) is 11.1. The Hall–Kier alpha value is -3.63. The third kappa shape index (κ3) is 6.49. The van der Waals surface area contributed by atoms with Crippen LogP contribution in [-0.2, 0) is 12.8 Å². The van der Waals surface area contributed by atoms with Crippen molar-refractivity contribution in [2.75, 3.05) is 0 Å². The Morgan fingerprint density at radius 3 is 2.14 bits per heavy atom. The average molecular weight is 461 g/mol. The molecule has 4 aromatic carbocycles. The lowest BCUT2D eigenvalue weighted by atomic mass is 10.00. The van der Waals surface area contributed by atoms with Gasteiger partial charge < -0.3 is 0 Å². The van der Waals surface area contributed by atoms with E-state index in [0.29, 0.717) is 5.39 Å². The molecule has 176 valence electrons. The third-order valence-electron chi connectivity index (χ3n) is 6.44. The van der Waals surface area contributed by atoms with Gasteiger partial charge in [0.15, 0.2) is 0 Å². The van der Waals surface area contributed by atoms with Crippen LogP contribution in [0.25, 0.3) is 21.9 Å². The summed E-state index contributed by atoms with van der Waals surface area (Å²) in [6.07, 6.45) is 10.6. The molecular weight excluding hydrogens is 427 g/mol. The monoisotopic (exact) mass is 460 g/mol. The summed E-state index contributed by atoms with van der Waals surface area (Å²) in [5, 5.41) is 1.58. The van der Waals surface area contributed by atoms with Gasteiger partial charge in [-0.2, -0.15) is 0 Å². The zero-order chi connectivity index (χ0) is 24.5. The minimum atomic E-state index is -0.0838. The summed E-state index contributed by atoms with van der Waals surface area (Å²) in [6.45, 7) is 4.23. The van der Waals surface area contributed by atoms with Crippen molar-refractivity contribution < 1.29 is 4.39 Å². The van der Waals surface area contributed by atoms with Gasteiger partial charge in [0.25, 0.3) is 0 Å². The van der Waals surface area contributed by atoms with Crippen molar-refractivity contribution in [2.24, 2.45) is 0 Å². The van der Waals surface area contributed by atoms with Crippen molar-refractivity contribution in [2.45, 2.75) is 52.4 Å². The van der Waals surface area contributed by atoms with E-state index in [-0.39, 0.29) is 5.82 Å². The highest BCUT2D eigenvalue weighted by molar-refractivity contribution is 5.85. The van der Waals surface area contributed by atoms with Crippen LogP contribution in [0.3, 0.4) is 0 Å². The summed E-state index contributed by atoms with van der Waals surface area (Å²) in [4.78, 5) is 0. The standard InChI is InChI=1S/C34H33F/c1-3-5-7-9-26-13-18-29(19-14-26)30-20-15-27(16-21-30)11-12-28-17-24-33-32(25-28)23-22-31(34(33)35)10-8-6-4-2/h3,5,13-25H,4,6-10H2,1-2H3/b5-3+. The van der Waals surface area contributed by atoms with E-state index in [2.05, 4.69) is 86.4 Å². The molecule has 0 bridgehead atoms. The second-order valence-corrected chi connectivity index (χ2v) is 9.06. The van der Waals surface area contributed by atoms with Crippen molar-refractivity contribution in [1.29, 1.82) is 0 Å². The Kier molecular flexibility index (Phi) is 8.53. The second-order valence-electron chi connectivity index (χ2n) is 9.06. The molecule has 0 aliphatic heterocycles. The third-order valence-corrected chi connectivity index (χ3v) is 6.44. The Balaban J connectivity index is 1.45. The first-order valence-electron chi connectivity index (χ1n) is 12.7. The van der Waals surface area contributed by atoms with Crippen LogP contribution in [-0.4, -0.2) is 0 Å². The first-order valence-corrected chi connectivity index (χ1v) is 12.7. The van der Waals surface area contributed by atoms with Gasteiger partial charge in [-0.1, -0.05) is 98.4 Å². The summed E-state index contributed by atoms with van der Waals surface area (Å²) >= 11 is 0. The summed E-state index contributed by atoms with van der Waals surface area (Å²) in [6, 6.07) is 26.9. The predicted molar refractivity (Wildman–Crippen MR) is 148 cm³/mol. The Morgan fingerprint density at radius 2 is 1.43 bits per heavy atom. The van der Waals surface area contributed by atoms with Crippen molar-refractivity contribution in [3.05, 3.63) is 119 Å². The summed E-state index contributed by atoms with van der Waals surface area (Å²) < 4.78 is 14.9. The molecule has 0 saturated carbocycles. The lowest BCUT2D eigenvalue weighted by molar-refractivity contribution is 0.609. The number of hydrogen-bond donors (Lipinski definition) is 0. The van der Waals surface area contributed by atoms with Crippen molar-refractivity contribution in [1.82, 2.24) is 0 Å². The molecule has 0 atom stereocenters. The van der Waals surface area contributed by atoms with E-state index in [1.54, 1.807) is 0 Å². The quantitative estimate of drug-likeness (QED) is 0.140. The van der Waals surface area contributed by atoms with E-state index < -0.39 is 0 Å². The SMILES string of the molecule is C/C=C/CCc1ccc(-c2ccc(C#Cc3ccc4c(F)c(CCCCC)ccc4c3)cc2)cc1. The molecule has 0 aliphatic carbocycles. The van der Waals surface area contributed by atoms with E-state index in [1.165, 1.54) is 16.7 Å². The fourth-order valence-electron chi connectivity index (χ4n) is 4.34. The molecule has 0 radical (unpaired) electrons. The van der Waals surface area contributed by atoms with Crippen LogP contribution in [0, 0.1) is 17.7 Å². The molecule has 1 heteroatoms. The van der Waals surface area contributed by atoms with Crippen LogP contribution in [0.5, 0.6) is 0 Å². The first-order chi connectivity index (χ1) is 17.2. The van der Waals surface area contributed by atoms with Gasteiger partial charge in [0.05, 0.1) is 0 Å². The number of unbranched alkanes of at least 4 members (excludes halogenated alkanes) is 2. The van der Waals surface area contributed by atoms with Gasteiger partial charge in [0, 0.05) is 16.5 Å². The molecule has 35 heavy (non-hydrogen) atoms. The Bertz CT molecular complexity index is 1350. The summed E-state index contributed by atoms with van der Waals surface area (Å²) in [5.41, 5.74) is 6.43. The topological polar surface area (TPSA) is 0 Å². The van der Waals surface area contributed by atoms with E-state index in [0.717, 1.165) is 60.6 Å². The fraction of sp³-hybridized carbons (Fsp3) is 0.235. The molecular formula is C34H33F. The minimum absolute atomic E-state index is 0.0838. The molecule has 0 N–H and O–H groups in total. The van der Waals surface area contributed by atoms with E-state index >= 15 is 0 Å². The number of allylic oxidation sites excluding steroid dienone is 2. The zero-order valence-corrected chi connectivity index (χ0v) is 20.8. The highest BCUT2D eigenvalue weighted by Crippen LogP contribution is 2.24. The van der Waals surface area contributed by atoms with Crippen LogP contribution in [0.4, 0.5) is 4.39 Å². The van der Waals surface area contributed by atoms with Crippen LogP contribution in [0.15, 0.2) is 91.0 Å². The first kappa shape index (κ1) is 24.5. The average Bonchev–Trinajstić information content (AvgIpc) is 2.90. The maximum atomic E-state index is 14.9. The largest absolute Gasteiger partial charge is 0.206 e. The van der Waals surface area contributed by atoms with Crippen molar-refractivity contribution in [3.8, 4) is 23.0 Å². The molecule has 0 unspecified atom stereocenters. The van der Waals surface area contributed by atoms with Crippen LogP contribution < -0.4 is 0 Å². The van der Waals surface area contributed by atoms with Gasteiger partial charge in [-0.05, 0) is 84.5 Å². The minimum Gasteiger partial charge on any atom is -0.206 e. The molecule has 0 fully saturated rings. The smallest absolute Gasteiger partial charge is 0.134 e. The number of halogens is 1.